The van der Waals surface area contributed by atoms with E-state index in [4.69, 9.17) is 9.11 Å². The van der Waals surface area contributed by atoms with E-state index in [9.17, 15) is 41.7 Å². The Hall–Kier alpha value is -3.66. The van der Waals surface area contributed by atoms with Gasteiger partial charge >= 0.3 is 0 Å². The first-order valence-electron chi connectivity index (χ1n) is 14.0. The summed E-state index contributed by atoms with van der Waals surface area (Å²) in [6.45, 7) is 16.6. The third-order valence-electron chi connectivity index (χ3n) is 6.88. The van der Waals surface area contributed by atoms with Crippen LogP contribution in [0.3, 0.4) is 0 Å². The van der Waals surface area contributed by atoms with Gasteiger partial charge in [-0.1, -0.05) is 53.7 Å². The van der Waals surface area contributed by atoms with Crippen molar-refractivity contribution in [3.05, 3.63) is 85.2 Å². The standard InChI is InChI=1S/C29H38N2O5.2CH4O3S/c1-17-25(34)23(32)9-11-30(17)15-20(16-31-12-10-24(33)26(35)18(31)2)19-13-21(28(3,4)5)27(36)22(14-19)29(6,7)8;2*1-5(2,3)4/h9-14,20,34-36H,15-16H2,1-8H3;2*1H3,(H,2,3,4). The minimum Gasteiger partial charge on any atom is -0.507 e. The van der Waals surface area contributed by atoms with Crippen LogP contribution in [0.25, 0.3) is 0 Å². The molecule has 0 amide bonds. The third kappa shape index (κ3) is 12.6. The molecule has 15 heteroatoms. The van der Waals surface area contributed by atoms with E-state index in [1.807, 2.05) is 21.3 Å². The Bertz CT molecular complexity index is 1730. The lowest BCUT2D eigenvalue weighted by Gasteiger charge is -2.31. The number of benzene rings is 1. The summed E-state index contributed by atoms with van der Waals surface area (Å²) in [6, 6.07) is 6.72. The van der Waals surface area contributed by atoms with Gasteiger partial charge in [-0.05, 0) is 41.4 Å². The Balaban J connectivity index is 0.000000919. The van der Waals surface area contributed by atoms with Crippen LogP contribution in [0.5, 0.6) is 17.2 Å². The molecule has 13 nitrogen and oxygen atoms in total. The smallest absolute Gasteiger partial charge is 0.261 e. The summed E-state index contributed by atoms with van der Waals surface area (Å²) in [6.07, 6.45) is 4.76. The van der Waals surface area contributed by atoms with E-state index < -0.39 is 31.1 Å². The quantitative estimate of drug-likeness (QED) is 0.243. The predicted molar refractivity (Wildman–Crippen MR) is 177 cm³/mol. The molecule has 0 aliphatic rings. The van der Waals surface area contributed by atoms with Crippen molar-refractivity contribution in [3.8, 4) is 17.2 Å². The molecule has 1 aromatic carbocycles. The van der Waals surface area contributed by atoms with Crippen LogP contribution in [-0.4, -0.2) is 62.9 Å². The first-order chi connectivity index (χ1) is 20.5. The van der Waals surface area contributed by atoms with Crippen LogP contribution in [0.1, 0.15) is 75.5 Å². The van der Waals surface area contributed by atoms with Crippen LogP contribution >= 0.6 is 0 Å². The highest BCUT2D eigenvalue weighted by atomic mass is 32.2. The minimum atomic E-state index is -3.67. The zero-order valence-corrected chi connectivity index (χ0v) is 29.5. The molecule has 0 fully saturated rings. The van der Waals surface area contributed by atoms with Crippen LogP contribution < -0.4 is 10.9 Å². The Kier molecular flexibility index (Phi) is 13.0. The molecule has 0 radical (unpaired) electrons. The largest absolute Gasteiger partial charge is 0.507 e. The van der Waals surface area contributed by atoms with Crippen molar-refractivity contribution in [2.75, 3.05) is 12.5 Å². The predicted octanol–water partition coefficient (Wildman–Crippen LogP) is 3.83. The van der Waals surface area contributed by atoms with Gasteiger partial charge in [0.2, 0.25) is 10.9 Å². The molecule has 0 bridgehead atoms. The molecule has 0 unspecified atom stereocenters. The summed E-state index contributed by atoms with van der Waals surface area (Å²) in [5.74, 6) is -0.476. The van der Waals surface area contributed by atoms with Gasteiger partial charge in [-0.2, -0.15) is 16.8 Å². The van der Waals surface area contributed by atoms with Gasteiger partial charge in [0.15, 0.2) is 11.5 Å². The van der Waals surface area contributed by atoms with E-state index in [0.29, 0.717) is 37.0 Å². The van der Waals surface area contributed by atoms with Gasteiger partial charge in [0, 0.05) is 43.5 Å². The van der Waals surface area contributed by atoms with Crippen LogP contribution in [0.15, 0.2) is 46.2 Å². The minimum absolute atomic E-state index is 0.186. The van der Waals surface area contributed by atoms with Gasteiger partial charge in [0.1, 0.15) is 5.75 Å². The molecule has 2 heterocycles. The van der Waals surface area contributed by atoms with Gasteiger partial charge < -0.3 is 24.5 Å². The number of nitrogens with zero attached hydrogens (tertiary/aromatic N) is 2. The Morgan fingerprint density at radius 1 is 0.652 bits per heavy atom. The molecule has 46 heavy (non-hydrogen) atoms. The monoisotopic (exact) mass is 686 g/mol. The normalized spacial score (nSPS) is 12.2. The number of phenols is 1. The van der Waals surface area contributed by atoms with E-state index in [1.54, 1.807) is 26.2 Å². The zero-order chi connectivity index (χ0) is 36.2. The Morgan fingerprint density at radius 2 is 0.935 bits per heavy atom. The lowest BCUT2D eigenvalue weighted by molar-refractivity contribution is 0.414. The summed E-state index contributed by atoms with van der Waals surface area (Å²) in [5.41, 5.74) is 2.03. The molecule has 0 atom stereocenters. The molecule has 5 N–H and O–H groups in total. The number of hydrogen-bond acceptors (Lipinski definition) is 9. The maximum Gasteiger partial charge on any atom is 0.261 e. The van der Waals surface area contributed by atoms with Gasteiger partial charge in [-0.25, -0.2) is 0 Å². The zero-order valence-electron chi connectivity index (χ0n) is 27.9. The number of pyridine rings is 2. The summed E-state index contributed by atoms with van der Waals surface area (Å²) in [4.78, 5) is 23.9. The fourth-order valence-corrected chi connectivity index (χ4v) is 4.50. The molecule has 3 aromatic rings. The fraction of sp³-hybridized carbons (Fsp3) is 0.484. The molecular weight excluding hydrogens is 640 g/mol. The summed E-state index contributed by atoms with van der Waals surface area (Å²) in [5, 5.41) is 31.8. The van der Waals surface area contributed by atoms with Gasteiger partial charge in [-0.3, -0.25) is 18.7 Å². The van der Waals surface area contributed by atoms with Gasteiger partial charge in [0.05, 0.1) is 23.9 Å². The topological polar surface area (TPSA) is 213 Å². The first-order valence-corrected chi connectivity index (χ1v) is 17.7. The Morgan fingerprint density at radius 3 is 1.20 bits per heavy atom. The second-order valence-corrected chi connectivity index (χ2v) is 16.1. The molecule has 0 spiro atoms. The summed E-state index contributed by atoms with van der Waals surface area (Å²) < 4.78 is 55.4. The Labute approximate surface area is 270 Å². The van der Waals surface area contributed by atoms with Crippen molar-refractivity contribution in [1.29, 1.82) is 0 Å². The van der Waals surface area contributed by atoms with Crippen molar-refractivity contribution < 1.29 is 41.3 Å². The lowest BCUT2D eigenvalue weighted by Crippen LogP contribution is -2.23. The van der Waals surface area contributed by atoms with E-state index in [2.05, 4.69) is 41.5 Å². The first kappa shape index (κ1) is 40.4. The number of aromatic nitrogens is 2. The molecular formula is C31H46N2O11S2. The van der Waals surface area contributed by atoms with E-state index in [0.717, 1.165) is 16.7 Å². The molecule has 2 aromatic heterocycles. The molecule has 0 saturated heterocycles. The fourth-order valence-electron chi connectivity index (χ4n) is 4.50. The highest BCUT2D eigenvalue weighted by molar-refractivity contribution is 7.85. The average molecular weight is 687 g/mol. The second-order valence-electron chi connectivity index (χ2n) is 13.2. The molecule has 0 aliphatic carbocycles. The summed E-state index contributed by atoms with van der Waals surface area (Å²) in [7, 11) is -7.33. The number of aromatic hydroxyl groups is 3. The van der Waals surface area contributed by atoms with Crippen molar-refractivity contribution in [2.24, 2.45) is 0 Å². The molecule has 3 rings (SSSR count). The third-order valence-corrected chi connectivity index (χ3v) is 6.88. The van der Waals surface area contributed by atoms with Crippen molar-refractivity contribution in [1.82, 2.24) is 9.13 Å². The second kappa shape index (κ2) is 14.8. The van der Waals surface area contributed by atoms with E-state index in [1.165, 1.54) is 12.1 Å². The van der Waals surface area contributed by atoms with Gasteiger partial charge in [-0.15, -0.1) is 0 Å². The van der Waals surface area contributed by atoms with E-state index >= 15 is 0 Å². The van der Waals surface area contributed by atoms with Crippen molar-refractivity contribution in [3.63, 3.8) is 0 Å². The number of rotatable bonds is 5. The van der Waals surface area contributed by atoms with Crippen molar-refractivity contribution >= 4 is 20.2 Å². The van der Waals surface area contributed by atoms with Crippen LogP contribution in [0.4, 0.5) is 0 Å². The average Bonchev–Trinajstić information content (AvgIpc) is 2.85. The lowest BCUT2D eigenvalue weighted by atomic mass is 9.77. The van der Waals surface area contributed by atoms with Crippen LogP contribution in [0.2, 0.25) is 0 Å². The van der Waals surface area contributed by atoms with Gasteiger partial charge in [0.25, 0.3) is 20.2 Å². The van der Waals surface area contributed by atoms with Crippen LogP contribution in [0, 0.1) is 13.8 Å². The molecule has 0 aliphatic heterocycles. The maximum absolute atomic E-state index is 11.9. The summed E-state index contributed by atoms with van der Waals surface area (Å²) >= 11 is 0. The molecule has 258 valence electrons. The SMILES string of the molecule is CS(=O)(=O)O.CS(=O)(=O)O.Cc1c(O)c(=O)ccn1CC(Cn1ccc(=O)c(O)c1C)c1cc(C(C)(C)C)c(O)c(C(C)(C)C)c1. The highest BCUT2D eigenvalue weighted by Crippen LogP contribution is 2.41. The maximum atomic E-state index is 11.9. The van der Waals surface area contributed by atoms with Crippen LogP contribution in [-0.2, 0) is 44.2 Å². The number of hydrogen-bond donors (Lipinski definition) is 5. The highest BCUT2D eigenvalue weighted by Gasteiger charge is 2.29. The van der Waals surface area contributed by atoms with Crippen molar-refractivity contribution in [2.45, 2.75) is 85.2 Å². The number of phenolic OH excluding ortho intramolecular Hbond substituents is 1. The van der Waals surface area contributed by atoms with E-state index in [-0.39, 0.29) is 34.0 Å². The molecule has 0 saturated carbocycles.